The highest BCUT2D eigenvalue weighted by Crippen LogP contribution is 2.27. The number of pyridine rings is 1. The lowest BCUT2D eigenvalue weighted by atomic mass is 9.81. The van der Waals surface area contributed by atoms with Gasteiger partial charge in [0.15, 0.2) is 0 Å². The van der Waals surface area contributed by atoms with E-state index in [0.29, 0.717) is 0 Å². The van der Waals surface area contributed by atoms with Crippen molar-refractivity contribution in [3.63, 3.8) is 0 Å². The van der Waals surface area contributed by atoms with E-state index in [-0.39, 0.29) is 27.6 Å². The van der Waals surface area contributed by atoms with E-state index in [1.54, 1.807) is 0 Å². The van der Waals surface area contributed by atoms with Crippen LogP contribution in [-0.4, -0.2) is 17.9 Å². The Morgan fingerprint density at radius 2 is 2.11 bits per heavy atom. The van der Waals surface area contributed by atoms with Crippen LogP contribution >= 0.6 is 31.9 Å². The van der Waals surface area contributed by atoms with Gasteiger partial charge in [-0.25, -0.2) is 4.98 Å². The van der Waals surface area contributed by atoms with E-state index in [0.717, 1.165) is 6.20 Å². The molecule has 19 heavy (non-hydrogen) atoms. The van der Waals surface area contributed by atoms with E-state index < -0.39 is 18.3 Å². The van der Waals surface area contributed by atoms with Crippen molar-refractivity contribution in [3.05, 3.63) is 15.1 Å². The summed E-state index contributed by atoms with van der Waals surface area (Å²) in [7, 11) is 0. The standard InChI is InChI=1S/C10H7BBr2F3N2O/c1-2-3-4-7(19)18-10-9(13)8(11(14,15)16)6(12)5-17-10/h1,5H,3-4H2,(H,17,18,19)/q-1. The molecule has 9 heteroatoms. The summed E-state index contributed by atoms with van der Waals surface area (Å²) in [5.74, 6) is 1.59. The molecule has 0 bridgehead atoms. The number of rotatable bonds is 4. The first-order chi connectivity index (χ1) is 8.77. The van der Waals surface area contributed by atoms with Gasteiger partial charge in [0.2, 0.25) is 5.91 Å². The third-order valence-electron chi connectivity index (χ3n) is 2.09. The molecule has 0 fully saturated rings. The molecule has 1 amide bonds. The number of nitrogens with one attached hydrogen (secondary N) is 1. The molecule has 1 aromatic heterocycles. The van der Waals surface area contributed by atoms with Gasteiger partial charge in [-0.1, -0.05) is 21.4 Å². The van der Waals surface area contributed by atoms with Crippen LogP contribution in [0.2, 0.25) is 0 Å². The lowest BCUT2D eigenvalue weighted by Gasteiger charge is -2.20. The van der Waals surface area contributed by atoms with Crippen LogP contribution in [0.5, 0.6) is 0 Å². The molecule has 0 aliphatic heterocycles. The highest BCUT2D eigenvalue weighted by atomic mass is 79.9. The molecular weight excluding hydrogens is 392 g/mol. The fraction of sp³-hybridized carbons (Fsp3) is 0.200. The van der Waals surface area contributed by atoms with E-state index in [1.165, 1.54) is 0 Å². The maximum atomic E-state index is 12.9. The molecule has 102 valence electrons. The zero-order valence-electron chi connectivity index (χ0n) is 9.39. The second-order valence-electron chi connectivity index (χ2n) is 3.51. The predicted octanol–water partition coefficient (Wildman–Crippen LogP) is 3.01. The Bertz CT molecular complexity index is 543. The van der Waals surface area contributed by atoms with E-state index >= 15 is 0 Å². The summed E-state index contributed by atoms with van der Waals surface area (Å²) in [6, 6.07) is 0. The molecular formula is C10H7BBr2F3N2O-. The number of hydrogen-bond donors (Lipinski definition) is 1. The fourth-order valence-electron chi connectivity index (χ4n) is 1.25. The number of halogens is 5. The Balaban J connectivity index is 3.06. The average molecular weight is 399 g/mol. The fourth-order valence-corrected chi connectivity index (χ4v) is 2.75. The molecule has 0 saturated carbocycles. The molecule has 0 aliphatic carbocycles. The molecule has 1 heterocycles. The predicted molar refractivity (Wildman–Crippen MR) is 75.0 cm³/mol. The van der Waals surface area contributed by atoms with Crippen LogP contribution in [0.25, 0.3) is 0 Å². The number of anilines is 1. The van der Waals surface area contributed by atoms with Crippen molar-refractivity contribution in [3.8, 4) is 12.3 Å². The number of terminal acetylenes is 1. The summed E-state index contributed by atoms with van der Waals surface area (Å²) in [4.78, 5) is 15.1. The van der Waals surface area contributed by atoms with Gasteiger partial charge in [-0.3, -0.25) is 4.79 Å². The third kappa shape index (κ3) is 4.25. The van der Waals surface area contributed by atoms with Crippen molar-refractivity contribution >= 4 is 56.0 Å². The molecule has 0 spiro atoms. The number of nitrogens with zero attached hydrogens (tertiary/aromatic N) is 1. The van der Waals surface area contributed by atoms with Gasteiger partial charge in [0.1, 0.15) is 5.82 Å². The largest absolute Gasteiger partial charge is 0.512 e. The number of carbonyl (C=O) groups is 1. The molecule has 0 aliphatic rings. The van der Waals surface area contributed by atoms with Crippen LogP contribution < -0.4 is 10.8 Å². The van der Waals surface area contributed by atoms with Gasteiger partial charge in [-0.2, -0.15) is 0 Å². The second-order valence-corrected chi connectivity index (χ2v) is 5.16. The van der Waals surface area contributed by atoms with Crippen molar-refractivity contribution in [2.75, 3.05) is 5.32 Å². The van der Waals surface area contributed by atoms with E-state index in [4.69, 9.17) is 6.42 Å². The number of carbonyl (C=O) groups excluding carboxylic acids is 1. The van der Waals surface area contributed by atoms with E-state index in [1.807, 2.05) is 0 Å². The zero-order chi connectivity index (χ0) is 14.6. The molecule has 1 N–H and O–H groups in total. The maximum absolute atomic E-state index is 12.9. The minimum Gasteiger partial charge on any atom is -0.445 e. The highest BCUT2D eigenvalue weighted by molar-refractivity contribution is 9.11. The monoisotopic (exact) mass is 397 g/mol. The summed E-state index contributed by atoms with van der Waals surface area (Å²) in [6.07, 6.45) is 6.21. The average Bonchev–Trinajstić information content (AvgIpc) is 2.28. The molecule has 1 aromatic rings. The molecule has 0 radical (unpaired) electrons. The summed E-state index contributed by atoms with van der Waals surface area (Å²) in [6.45, 7) is -5.24. The lowest BCUT2D eigenvalue weighted by molar-refractivity contribution is -0.116. The van der Waals surface area contributed by atoms with Crippen molar-refractivity contribution < 1.29 is 17.7 Å². The van der Waals surface area contributed by atoms with Crippen molar-refractivity contribution in [2.45, 2.75) is 12.8 Å². The molecule has 0 saturated heterocycles. The van der Waals surface area contributed by atoms with Crippen molar-refractivity contribution in [1.82, 2.24) is 4.98 Å². The van der Waals surface area contributed by atoms with Crippen LogP contribution in [0.3, 0.4) is 0 Å². The van der Waals surface area contributed by atoms with Gasteiger partial charge in [0.25, 0.3) is 0 Å². The Morgan fingerprint density at radius 3 is 2.63 bits per heavy atom. The first kappa shape index (κ1) is 16.1. The second kappa shape index (κ2) is 6.43. The Labute approximate surface area is 124 Å². The highest BCUT2D eigenvalue weighted by Gasteiger charge is 2.32. The lowest BCUT2D eigenvalue weighted by Crippen LogP contribution is -2.37. The van der Waals surface area contributed by atoms with Crippen molar-refractivity contribution in [1.29, 1.82) is 0 Å². The number of aromatic nitrogens is 1. The smallest absolute Gasteiger partial charge is 0.445 e. The summed E-state index contributed by atoms with van der Waals surface area (Å²) in [5.41, 5.74) is -0.873. The SMILES string of the molecule is C#CCCC(=O)Nc1ncc(Br)c([B-](F)(F)F)c1Br. The molecule has 1 rings (SSSR count). The first-order valence-electron chi connectivity index (χ1n) is 5.04. The number of amides is 1. The molecule has 3 nitrogen and oxygen atoms in total. The van der Waals surface area contributed by atoms with E-state index in [9.17, 15) is 17.7 Å². The van der Waals surface area contributed by atoms with Crippen LogP contribution in [0.15, 0.2) is 15.1 Å². The van der Waals surface area contributed by atoms with Gasteiger partial charge in [-0.15, -0.1) is 12.3 Å². The van der Waals surface area contributed by atoms with Crippen LogP contribution in [0.4, 0.5) is 18.8 Å². The molecule has 0 atom stereocenters. The molecule has 0 aromatic carbocycles. The van der Waals surface area contributed by atoms with Crippen LogP contribution in [-0.2, 0) is 4.79 Å². The summed E-state index contributed by atoms with van der Waals surface area (Å²) in [5, 5.41) is 2.28. The Morgan fingerprint density at radius 1 is 1.47 bits per heavy atom. The molecule has 0 unspecified atom stereocenters. The van der Waals surface area contributed by atoms with Gasteiger partial charge < -0.3 is 18.3 Å². The minimum atomic E-state index is -5.24. The normalized spacial score (nSPS) is 10.9. The minimum absolute atomic E-state index is 0.0210. The van der Waals surface area contributed by atoms with Gasteiger partial charge in [0.05, 0.1) is 0 Å². The Kier molecular flexibility index (Phi) is 5.44. The Hall–Kier alpha value is -1.01. The summed E-state index contributed by atoms with van der Waals surface area (Å²) >= 11 is 5.60. The van der Waals surface area contributed by atoms with Gasteiger partial charge >= 0.3 is 6.98 Å². The first-order valence-corrected chi connectivity index (χ1v) is 6.63. The zero-order valence-corrected chi connectivity index (χ0v) is 12.6. The van der Waals surface area contributed by atoms with Gasteiger partial charge in [-0.05, 0) is 15.9 Å². The van der Waals surface area contributed by atoms with Gasteiger partial charge in [0, 0.05) is 28.0 Å². The maximum Gasteiger partial charge on any atom is 0.512 e. The number of hydrogen-bond acceptors (Lipinski definition) is 2. The quantitative estimate of drug-likeness (QED) is 0.626. The van der Waals surface area contributed by atoms with Crippen LogP contribution in [0, 0.1) is 12.3 Å². The summed E-state index contributed by atoms with van der Waals surface area (Å²) < 4.78 is 38.1. The van der Waals surface area contributed by atoms with Crippen molar-refractivity contribution in [2.24, 2.45) is 0 Å². The topological polar surface area (TPSA) is 42.0 Å². The van der Waals surface area contributed by atoms with E-state index in [2.05, 4.69) is 48.1 Å². The van der Waals surface area contributed by atoms with Crippen LogP contribution in [0.1, 0.15) is 12.8 Å². The third-order valence-corrected chi connectivity index (χ3v) is 3.52.